The Morgan fingerprint density at radius 3 is 2.17 bits per heavy atom. The Kier molecular flexibility index (Phi) is 7.04. The first-order chi connectivity index (χ1) is 17.7. The van der Waals surface area contributed by atoms with Crippen molar-refractivity contribution in [3.8, 4) is 28.1 Å². The SMILES string of the molecule is Cc1cccc(-n2ncc(C(=O)NCCCc3ccccc3)c2-c2ccc(-c3ccccc3)cc2)c1. The topological polar surface area (TPSA) is 46.9 Å². The Balaban J connectivity index is 1.42. The molecule has 0 atom stereocenters. The molecule has 5 aromatic rings. The summed E-state index contributed by atoms with van der Waals surface area (Å²) < 4.78 is 1.86. The van der Waals surface area contributed by atoms with Crippen molar-refractivity contribution < 1.29 is 4.79 Å². The van der Waals surface area contributed by atoms with Crippen molar-refractivity contribution >= 4 is 5.91 Å². The van der Waals surface area contributed by atoms with Crippen LogP contribution in [0.25, 0.3) is 28.1 Å². The van der Waals surface area contributed by atoms with Gasteiger partial charge in [0.1, 0.15) is 0 Å². The van der Waals surface area contributed by atoms with Gasteiger partial charge in [-0.3, -0.25) is 4.79 Å². The highest BCUT2D eigenvalue weighted by Gasteiger charge is 2.20. The minimum Gasteiger partial charge on any atom is -0.352 e. The van der Waals surface area contributed by atoms with Crippen LogP contribution in [0.4, 0.5) is 0 Å². The normalized spacial score (nSPS) is 10.8. The molecule has 0 spiro atoms. The molecule has 0 saturated heterocycles. The van der Waals surface area contributed by atoms with E-state index in [-0.39, 0.29) is 5.91 Å². The summed E-state index contributed by atoms with van der Waals surface area (Å²) in [6.45, 7) is 2.66. The Bertz CT molecular complexity index is 1440. The smallest absolute Gasteiger partial charge is 0.255 e. The fourth-order valence-corrected chi connectivity index (χ4v) is 4.43. The first-order valence-corrected chi connectivity index (χ1v) is 12.3. The van der Waals surface area contributed by atoms with E-state index in [4.69, 9.17) is 0 Å². The second-order valence-electron chi connectivity index (χ2n) is 8.95. The van der Waals surface area contributed by atoms with Crippen LogP contribution in [0.5, 0.6) is 0 Å². The molecule has 0 fully saturated rings. The predicted octanol–water partition coefficient (Wildman–Crippen LogP) is 6.88. The number of benzene rings is 4. The molecule has 0 radical (unpaired) electrons. The van der Waals surface area contributed by atoms with E-state index in [1.165, 1.54) is 5.56 Å². The number of aromatic nitrogens is 2. The number of aryl methyl sites for hydroxylation is 2. The zero-order valence-electron chi connectivity index (χ0n) is 20.4. The standard InChI is InChI=1S/C32H29N3O/c1-24-10-8-16-29(22-24)35-31(28-19-17-27(18-20-28)26-14-6-3-7-15-26)30(23-34-35)32(36)33-21-9-13-25-11-4-2-5-12-25/h2-8,10-12,14-20,22-23H,9,13,21H2,1H3,(H,33,36). The predicted molar refractivity (Wildman–Crippen MR) is 146 cm³/mol. The van der Waals surface area contributed by atoms with Gasteiger partial charge in [-0.1, -0.05) is 97.1 Å². The van der Waals surface area contributed by atoms with E-state index in [0.29, 0.717) is 12.1 Å². The fourth-order valence-electron chi connectivity index (χ4n) is 4.43. The van der Waals surface area contributed by atoms with Crippen LogP contribution < -0.4 is 5.32 Å². The average molecular weight is 472 g/mol. The maximum Gasteiger partial charge on any atom is 0.255 e. The highest BCUT2D eigenvalue weighted by Crippen LogP contribution is 2.29. The maximum absolute atomic E-state index is 13.3. The Morgan fingerprint density at radius 1 is 0.778 bits per heavy atom. The molecule has 0 bridgehead atoms. The van der Waals surface area contributed by atoms with Crippen LogP contribution >= 0.6 is 0 Å². The highest BCUT2D eigenvalue weighted by molar-refractivity contribution is 6.00. The molecule has 1 N–H and O–H groups in total. The van der Waals surface area contributed by atoms with E-state index in [1.54, 1.807) is 6.20 Å². The van der Waals surface area contributed by atoms with E-state index >= 15 is 0 Å². The van der Waals surface area contributed by atoms with Gasteiger partial charge in [-0.25, -0.2) is 4.68 Å². The van der Waals surface area contributed by atoms with Gasteiger partial charge in [-0.05, 0) is 54.2 Å². The van der Waals surface area contributed by atoms with Crippen LogP contribution in [-0.4, -0.2) is 22.2 Å². The van der Waals surface area contributed by atoms with Crippen LogP contribution in [0.2, 0.25) is 0 Å². The summed E-state index contributed by atoms with van der Waals surface area (Å²) in [7, 11) is 0. The van der Waals surface area contributed by atoms with Gasteiger partial charge in [0.2, 0.25) is 0 Å². The van der Waals surface area contributed by atoms with E-state index in [0.717, 1.165) is 46.5 Å². The number of carbonyl (C=O) groups is 1. The molecule has 178 valence electrons. The van der Waals surface area contributed by atoms with Gasteiger partial charge in [-0.2, -0.15) is 5.10 Å². The molecule has 0 aliphatic heterocycles. The number of amides is 1. The lowest BCUT2D eigenvalue weighted by Gasteiger charge is -2.12. The largest absolute Gasteiger partial charge is 0.352 e. The number of hydrogen-bond acceptors (Lipinski definition) is 2. The van der Waals surface area contributed by atoms with E-state index < -0.39 is 0 Å². The lowest BCUT2D eigenvalue weighted by molar-refractivity contribution is 0.0954. The Morgan fingerprint density at radius 2 is 1.44 bits per heavy atom. The summed E-state index contributed by atoms with van der Waals surface area (Å²) in [5.41, 5.74) is 7.95. The summed E-state index contributed by atoms with van der Waals surface area (Å²) in [6, 6.07) is 37.1. The van der Waals surface area contributed by atoms with Gasteiger partial charge in [0.25, 0.3) is 5.91 Å². The Hall–Kier alpha value is -4.44. The van der Waals surface area contributed by atoms with Crippen LogP contribution in [0, 0.1) is 6.92 Å². The summed E-state index contributed by atoms with van der Waals surface area (Å²) in [4.78, 5) is 13.3. The molecule has 0 aliphatic rings. The molecule has 4 aromatic carbocycles. The average Bonchev–Trinajstić information content (AvgIpc) is 3.38. The molecule has 0 saturated carbocycles. The molecular formula is C32H29N3O. The second-order valence-corrected chi connectivity index (χ2v) is 8.95. The summed E-state index contributed by atoms with van der Waals surface area (Å²) in [6.07, 6.45) is 3.48. The molecule has 4 heteroatoms. The summed E-state index contributed by atoms with van der Waals surface area (Å²) in [5, 5.41) is 7.74. The third-order valence-corrected chi connectivity index (χ3v) is 6.30. The van der Waals surface area contributed by atoms with Crippen molar-refractivity contribution in [2.75, 3.05) is 6.54 Å². The van der Waals surface area contributed by atoms with Crippen molar-refractivity contribution in [3.63, 3.8) is 0 Å². The van der Waals surface area contributed by atoms with Crippen molar-refractivity contribution in [1.29, 1.82) is 0 Å². The molecule has 0 aliphatic carbocycles. The monoisotopic (exact) mass is 471 g/mol. The fraction of sp³-hybridized carbons (Fsp3) is 0.125. The van der Waals surface area contributed by atoms with Gasteiger partial charge in [0.15, 0.2) is 0 Å². The molecule has 1 heterocycles. The van der Waals surface area contributed by atoms with Gasteiger partial charge < -0.3 is 5.32 Å². The first kappa shape index (κ1) is 23.3. The Labute approximate surface area is 212 Å². The van der Waals surface area contributed by atoms with E-state index in [9.17, 15) is 4.79 Å². The second kappa shape index (κ2) is 10.9. The molecule has 36 heavy (non-hydrogen) atoms. The van der Waals surface area contributed by atoms with Gasteiger partial charge >= 0.3 is 0 Å². The zero-order valence-corrected chi connectivity index (χ0v) is 20.4. The van der Waals surface area contributed by atoms with Gasteiger partial charge in [0.05, 0.1) is 23.1 Å². The quantitative estimate of drug-likeness (QED) is 0.251. The number of rotatable bonds is 8. The van der Waals surface area contributed by atoms with E-state index in [2.05, 4.69) is 78.0 Å². The maximum atomic E-state index is 13.3. The van der Waals surface area contributed by atoms with Crippen LogP contribution in [-0.2, 0) is 6.42 Å². The number of hydrogen-bond donors (Lipinski definition) is 1. The highest BCUT2D eigenvalue weighted by atomic mass is 16.1. The van der Waals surface area contributed by atoms with Crippen LogP contribution in [0.1, 0.15) is 27.9 Å². The minimum atomic E-state index is -0.107. The summed E-state index contributed by atoms with van der Waals surface area (Å²) in [5.74, 6) is -0.107. The molecular weight excluding hydrogens is 442 g/mol. The number of nitrogens with one attached hydrogen (secondary N) is 1. The molecule has 1 aromatic heterocycles. The van der Waals surface area contributed by atoms with Crippen molar-refractivity contribution in [1.82, 2.24) is 15.1 Å². The van der Waals surface area contributed by atoms with Crippen molar-refractivity contribution in [2.24, 2.45) is 0 Å². The molecule has 4 nitrogen and oxygen atoms in total. The molecule has 1 amide bonds. The number of carbonyl (C=O) groups excluding carboxylic acids is 1. The third kappa shape index (κ3) is 5.28. The minimum absolute atomic E-state index is 0.107. The van der Waals surface area contributed by atoms with Crippen LogP contribution in [0.15, 0.2) is 115 Å². The summed E-state index contributed by atoms with van der Waals surface area (Å²) >= 11 is 0. The van der Waals surface area contributed by atoms with Crippen molar-refractivity contribution in [2.45, 2.75) is 19.8 Å². The lowest BCUT2D eigenvalue weighted by Crippen LogP contribution is -2.25. The van der Waals surface area contributed by atoms with Gasteiger partial charge in [-0.15, -0.1) is 0 Å². The van der Waals surface area contributed by atoms with Crippen LogP contribution in [0.3, 0.4) is 0 Å². The van der Waals surface area contributed by atoms with Crippen molar-refractivity contribution in [3.05, 3.63) is 132 Å². The first-order valence-electron chi connectivity index (χ1n) is 12.3. The molecule has 5 rings (SSSR count). The van der Waals surface area contributed by atoms with E-state index in [1.807, 2.05) is 53.2 Å². The third-order valence-electron chi connectivity index (χ3n) is 6.30. The lowest BCUT2D eigenvalue weighted by atomic mass is 10.0. The number of nitrogens with zero attached hydrogens (tertiary/aromatic N) is 2. The zero-order chi connectivity index (χ0) is 24.7. The molecule has 0 unspecified atom stereocenters. The van der Waals surface area contributed by atoms with Gasteiger partial charge in [0, 0.05) is 12.1 Å².